The van der Waals surface area contributed by atoms with E-state index in [0.29, 0.717) is 12.1 Å². The first kappa shape index (κ1) is 11.4. The maximum absolute atomic E-state index is 3.74. The highest BCUT2D eigenvalue weighted by molar-refractivity contribution is 4.90. The van der Waals surface area contributed by atoms with Crippen molar-refractivity contribution < 1.29 is 0 Å². The summed E-state index contributed by atoms with van der Waals surface area (Å²) >= 11 is 0. The number of nitrogens with zero attached hydrogens (tertiary/aromatic N) is 2. The molecule has 2 rings (SSSR count). The van der Waals surface area contributed by atoms with Gasteiger partial charge < -0.3 is 10.2 Å². The van der Waals surface area contributed by atoms with E-state index in [0.717, 1.165) is 12.6 Å². The molecule has 0 amide bonds. The second-order valence-corrected chi connectivity index (χ2v) is 5.54. The van der Waals surface area contributed by atoms with Gasteiger partial charge in [0.25, 0.3) is 0 Å². The molecule has 15 heavy (non-hydrogen) atoms. The van der Waals surface area contributed by atoms with E-state index in [9.17, 15) is 0 Å². The zero-order chi connectivity index (χ0) is 10.8. The third-order valence-electron chi connectivity index (χ3n) is 3.47. The van der Waals surface area contributed by atoms with Gasteiger partial charge in [0, 0.05) is 31.2 Å². The minimum Gasteiger partial charge on any atom is -0.309 e. The Bertz CT molecular complexity index is 201. The highest BCUT2D eigenvalue weighted by Gasteiger charge is 2.32. The Hall–Kier alpha value is -0.120. The van der Waals surface area contributed by atoms with Gasteiger partial charge in [-0.3, -0.25) is 4.90 Å². The van der Waals surface area contributed by atoms with Crippen LogP contribution in [0.5, 0.6) is 0 Å². The molecule has 1 saturated carbocycles. The van der Waals surface area contributed by atoms with Crippen LogP contribution in [0, 0.1) is 0 Å². The summed E-state index contributed by atoms with van der Waals surface area (Å²) in [5.74, 6) is 0. The van der Waals surface area contributed by atoms with E-state index < -0.39 is 0 Å². The monoisotopic (exact) mass is 211 g/mol. The third-order valence-corrected chi connectivity index (χ3v) is 3.47. The van der Waals surface area contributed by atoms with E-state index in [1.807, 2.05) is 0 Å². The van der Waals surface area contributed by atoms with E-state index in [-0.39, 0.29) is 0 Å². The molecule has 0 spiro atoms. The lowest BCUT2D eigenvalue weighted by atomic mass is 10.2. The maximum atomic E-state index is 3.74. The number of hydrogen-bond donors (Lipinski definition) is 1. The van der Waals surface area contributed by atoms with Crippen LogP contribution in [0.25, 0.3) is 0 Å². The summed E-state index contributed by atoms with van der Waals surface area (Å²) in [6, 6.07) is 2.25. The summed E-state index contributed by atoms with van der Waals surface area (Å²) in [5, 5.41) is 3.74. The molecule has 88 valence electrons. The molecule has 1 aliphatic carbocycles. The number of nitrogens with one attached hydrogen (secondary N) is 1. The van der Waals surface area contributed by atoms with Crippen LogP contribution in [0.15, 0.2) is 0 Å². The molecule has 0 aromatic rings. The predicted octanol–water partition coefficient (Wildman–Crippen LogP) is 0.763. The topological polar surface area (TPSA) is 18.5 Å². The van der Waals surface area contributed by atoms with Crippen LogP contribution in [0.3, 0.4) is 0 Å². The van der Waals surface area contributed by atoms with Crippen LogP contribution < -0.4 is 5.32 Å². The summed E-state index contributed by atoms with van der Waals surface area (Å²) in [6.45, 7) is 6.02. The standard InChI is InChI=1S/C12H25N3/c1-10-6-7-15(12-4-5-12)9-11(13-10)8-14(2)3/h10-13H,4-9H2,1-3H3. The lowest BCUT2D eigenvalue weighted by molar-refractivity contribution is 0.235. The number of hydrogen-bond acceptors (Lipinski definition) is 3. The number of likely N-dealkylation sites (N-methyl/N-ethyl adjacent to an activating group) is 1. The molecule has 1 saturated heterocycles. The van der Waals surface area contributed by atoms with Gasteiger partial charge in [0.15, 0.2) is 0 Å². The molecule has 2 aliphatic rings. The van der Waals surface area contributed by atoms with Crippen LogP contribution in [-0.4, -0.2) is 61.7 Å². The second-order valence-electron chi connectivity index (χ2n) is 5.54. The average Bonchev–Trinajstić information content (AvgIpc) is 2.91. The summed E-state index contributed by atoms with van der Waals surface area (Å²) in [4.78, 5) is 4.99. The van der Waals surface area contributed by atoms with Crippen molar-refractivity contribution in [2.45, 2.75) is 44.3 Å². The molecule has 3 nitrogen and oxygen atoms in total. The zero-order valence-electron chi connectivity index (χ0n) is 10.4. The number of rotatable bonds is 3. The van der Waals surface area contributed by atoms with Gasteiger partial charge in [-0.25, -0.2) is 0 Å². The molecule has 0 aromatic carbocycles. The molecule has 1 aliphatic heterocycles. The first-order valence-corrected chi connectivity index (χ1v) is 6.30. The Kier molecular flexibility index (Phi) is 3.65. The molecular weight excluding hydrogens is 186 g/mol. The average molecular weight is 211 g/mol. The first-order valence-electron chi connectivity index (χ1n) is 6.30. The molecule has 0 bridgehead atoms. The van der Waals surface area contributed by atoms with Gasteiger partial charge in [0.05, 0.1) is 0 Å². The van der Waals surface area contributed by atoms with Gasteiger partial charge >= 0.3 is 0 Å². The van der Waals surface area contributed by atoms with Gasteiger partial charge in [0.2, 0.25) is 0 Å². The van der Waals surface area contributed by atoms with Gasteiger partial charge in [-0.05, 0) is 46.8 Å². The van der Waals surface area contributed by atoms with E-state index in [4.69, 9.17) is 0 Å². The molecule has 3 heteroatoms. The smallest absolute Gasteiger partial charge is 0.0324 e. The van der Waals surface area contributed by atoms with E-state index in [1.165, 1.54) is 32.4 Å². The minimum absolute atomic E-state index is 0.651. The van der Waals surface area contributed by atoms with Crippen LogP contribution in [-0.2, 0) is 0 Å². The molecular formula is C12H25N3. The van der Waals surface area contributed by atoms with Crippen molar-refractivity contribution in [3.05, 3.63) is 0 Å². The van der Waals surface area contributed by atoms with Gasteiger partial charge in [0.1, 0.15) is 0 Å². The van der Waals surface area contributed by atoms with Gasteiger partial charge in [-0.2, -0.15) is 0 Å². The van der Waals surface area contributed by atoms with E-state index in [1.54, 1.807) is 0 Å². The van der Waals surface area contributed by atoms with Gasteiger partial charge in [-0.15, -0.1) is 0 Å². The Balaban J connectivity index is 1.89. The Morgan fingerprint density at radius 3 is 2.60 bits per heavy atom. The summed E-state index contributed by atoms with van der Waals surface area (Å²) < 4.78 is 0. The SMILES string of the molecule is CC1CCN(C2CC2)CC(CN(C)C)N1. The minimum atomic E-state index is 0.651. The quantitative estimate of drug-likeness (QED) is 0.743. The highest BCUT2D eigenvalue weighted by atomic mass is 15.2. The van der Waals surface area contributed by atoms with Crippen molar-refractivity contribution in [2.24, 2.45) is 0 Å². The molecule has 1 N–H and O–H groups in total. The zero-order valence-corrected chi connectivity index (χ0v) is 10.4. The van der Waals surface area contributed by atoms with Crippen molar-refractivity contribution in [3.63, 3.8) is 0 Å². The largest absolute Gasteiger partial charge is 0.309 e. The highest BCUT2D eigenvalue weighted by Crippen LogP contribution is 2.28. The third kappa shape index (κ3) is 3.44. The fourth-order valence-corrected chi connectivity index (χ4v) is 2.59. The Morgan fingerprint density at radius 1 is 1.27 bits per heavy atom. The fourth-order valence-electron chi connectivity index (χ4n) is 2.59. The van der Waals surface area contributed by atoms with E-state index >= 15 is 0 Å². The summed E-state index contributed by atoms with van der Waals surface area (Å²) in [7, 11) is 4.33. The summed E-state index contributed by atoms with van der Waals surface area (Å²) in [6.07, 6.45) is 4.17. The second kappa shape index (κ2) is 4.81. The Labute approximate surface area is 93.8 Å². The Morgan fingerprint density at radius 2 is 2.00 bits per heavy atom. The lowest BCUT2D eigenvalue weighted by Crippen LogP contribution is -2.46. The van der Waals surface area contributed by atoms with Gasteiger partial charge in [-0.1, -0.05) is 0 Å². The van der Waals surface area contributed by atoms with Crippen molar-refractivity contribution in [1.82, 2.24) is 15.1 Å². The maximum Gasteiger partial charge on any atom is 0.0324 e. The van der Waals surface area contributed by atoms with Crippen molar-refractivity contribution in [3.8, 4) is 0 Å². The molecule has 2 fully saturated rings. The lowest BCUT2D eigenvalue weighted by Gasteiger charge is -2.26. The van der Waals surface area contributed by atoms with Crippen molar-refractivity contribution in [2.75, 3.05) is 33.7 Å². The van der Waals surface area contributed by atoms with Crippen molar-refractivity contribution >= 4 is 0 Å². The normalized spacial score (nSPS) is 34.4. The molecule has 0 aromatic heterocycles. The molecule has 2 atom stereocenters. The predicted molar refractivity (Wildman–Crippen MR) is 64.2 cm³/mol. The first-order chi connectivity index (χ1) is 7.15. The molecule has 1 heterocycles. The summed E-state index contributed by atoms with van der Waals surface area (Å²) in [5.41, 5.74) is 0. The van der Waals surface area contributed by atoms with Crippen LogP contribution in [0.2, 0.25) is 0 Å². The van der Waals surface area contributed by atoms with Crippen LogP contribution in [0.1, 0.15) is 26.2 Å². The fraction of sp³-hybridized carbons (Fsp3) is 1.00. The van der Waals surface area contributed by atoms with Crippen molar-refractivity contribution in [1.29, 1.82) is 0 Å². The van der Waals surface area contributed by atoms with Crippen LogP contribution in [0.4, 0.5) is 0 Å². The van der Waals surface area contributed by atoms with Crippen LogP contribution >= 0.6 is 0 Å². The molecule has 2 unspecified atom stereocenters. The van der Waals surface area contributed by atoms with E-state index in [2.05, 4.69) is 36.1 Å². The molecule has 0 radical (unpaired) electrons.